The summed E-state index contributed by atoms with van der Waals surface area (Å²) in [5.74, 6) is 0.148. The summed E-state index contributed by atoms with van der Waals surface area (Å²) in [5, 5.41) is 3.64. The van der Waals surface area contributed by atoms with Gasteiger partial charge in [0.2, 0.25) is 0 Å². The Labute approximate surface area is 116 Å². The smallest absolute Gasteiger partial charge is 0.258 e. The molecule has 0 aliphatic rings. The standard InChI is InChI=1S/C12H15Cl2NO3/c1-8(6-17-2)15-12(16)7-18-11-5-9(13)3-4-10(11)14/h3-5,8H,6-7H2,1-2H3,(H,15,16). The van der Waals surface area contributed by atoms with Crippen LogP contribution in [0, 0.1) is 0 Å². The zero-order chi connectivity index (χ0) is 13.5. The maximum Gasteiger partial charge on any atom is 0.258 e. The third-order valence-electron chi connectivity index (χ3n) is 2.08. The van der Waals surface area contributed by atoms with Crippen LogP contribution >= 0.6 is 23.2 Å². The van der Waals surface area contributed by atoms with E-state index in [4.69, 9.17) is 32.7 Å². The molecule has 0 saturated carbocycles. The number of nitrogens with one attached hydrogen (secondary N) is 1. The Bertz CT molecular complexity index is 412. The van der Waals surface area contributed by atoms with Crippen LogP contribution in [-0.4, -0.2) is 32.3 Å². The number of hydrogen-bond acceptors (Lipinski definition) is 3. The van der Waals surface area contributed by atoms with Crippen LogP contribution in [0.1, 0.15) is 6.92 Å². The molecule has 1 N–H and O–H groups in total. The fourth-order valence-corrected chi connectivity index (χ4v) is 1.67. The Morgan fingerprint density at radius 3 is 2.83 bits per heavy atom. The maximum absolute atomic E-state index is 11.5. The van der Waals surface area contributed by atoms with Gasteiger partial charge in [-0.2, -0.15) is 0 Å². The molecule has 0 aliphatic carbocycles. The van der Waals surface area contributed by atoms with Gasteiger partial charge in [-0.05, 0) is 19.1 Å². The second-order valence-electron chi connectivity index (χ2n) is 3.79. The number of carbonyl (C=O) groups is 1. The predicted molar refractivity (Wildman–Crippen MR) is 71.4 cm³/mol. The summed E-state index contributed by atoms with van der Waals surface area (Å²) in [6.45, 7) is 2.17. The molecule has 1 atom stereocenters. The molecular weight excluding hydrogens is 277 g/mol. The lowest BCUT2D eigenvalue weighted by molar-refractivity contribution is -0.124. The van der Waals surface area contributed by atoms with Crippen LogP contribution < -0.4 is 10.1 Å². The number of amides is 1. The highest BCUT2D eigenvalue weighted by Crippen LogP contribution is 2.27. The van der Waals surface area contributed by atoms with E-state index in [0.717, 1.165) is 0 Å². The lowest BCUT2D eigenvalue weighted by Crippen LogP contribution is -2.38. The number of rotatable bonds is 6. The number of ether oxygens (including phenoxy) is 2. The Morgan fingerprint density at radius 1 is 1.44 bits per heavy atom. The largest absolute Gasteiger partial charge is 0.482 e. The molecule has 1 amide bonds. The van der Waals surface area contributed by atoms with Crippen molar-refractivity contribution in [2.75, 3.05) is 20.3 Å². The van der Waals surface area contributed by atoms with E-state index >= 15 is 0 Å². The number of hydrogen-bond donors (Lipinski definition) is 1. The zero-order valence-electron chi connectivity index (χ0n) is 10.2. The molecule has 0 heterocycles. The van der Waals surface area contributed by atoms with Crippen LogP contribution in [-0.2, 0) is 9.53 Å². The van der Waals surface area contributed by atoms with Gasteiger partial charge in [0, 0.05) is 24.2 Å². The Morgan fingerprint density at radius 2 is 2.17 bits per heavy atom. The lowest BCUT2D eigenvalue weighted by atomic mass is 10.3. The minimum absolute atomic E-state index is 0.0686. The minimum Gasteiger partial charge on any atom is -0.482 e. The van der Waals surface area contributed by atoms with Crippen molar-refractivity contribution < 1.29 is 14.3 Å². The van der Waals surface area contributed by atoms with E-state index in [2.05, 4.69) is 5.32 Å². The van der Waals surface area contributed by atoms with Crippen LogP contribution in [0.2, 0.25) is 10.0 Å². The Hall–Kier alpha value is -0.970. The van der Waals surface area contributed by atoms with Gasteiger partial charge < -0.3 is 14.8 Å². The molecule has 0 fully saturated rings. The number of halogens is 2. The van der Waals surface area contributed by atoms with Gasteiger partial charge in [0.1, 0.15) is 5.75 Å². The van der Waals surface area contributed by atoms with Gasteiger partial charge >= 0.3 is 0 Å². The van der Waals surface area contributed by atoms with Crippen molar-refractivity contribution in [1.29, 1.82) is 0 Å². The van der Waals surface area contributed by atoms with Crippen LogP contribution in [0.25, 0.3) is 0 Å². The van der Waals surface area contributed by atoms with Crippen molar-refractivity contribution in [3.8, 4) is 5.75 Å². The van der Waals surface area contributed by atoms with Gasteiger partial charge in [0.15, 0.2) is 6.61 Å². The fraction of sp³-hybridized carbons (Fsp3) is 0.417. The highest BCUT2D eigenvalue weighted by Gasteiger charge is 2.09. The quantitative estimate of drug-likeness (QED) is 0.876. The molecule has 1 rings (SSSR count). The number of carbonyl (C=O) groups excluding carboxylic acids is 1. The minimum atomic E-state index is -0.240. The monoisotopic (exact) mass is 291 g/mol. The van der Waals surface area contributed by atoms with Crippen LogP contribution in [0.5, 0.6) is 5.75 Å². The first-order valence-corrected chi connectivity index (χ1v) is 6.14. The Balaban J connectivity index is 2.45. The van der Waals surface area contributed by atoms with Crippen LogP contribution in [0.15, 0.2) is 18.2 Å². The van der Waals surface area contributed by atoms with E-state index in [0.29, 0.717) is 22.4 Å². The van der Waals surface area contributed by atoms with Gasteiger partial charge in [0.25, 0.3) is 5.91 Å². The normalized spacial score (nSPS) is 12.0. The van der Waals surface area contributed by atoms with Crippen LogP contribution in [0.3, 0.4) is 0 Å². The van der Waals surface area contributed by atoms with Crippen LogP contribution in [0.4, 0.5) is 0 Å². The average molecular weight is 292 g/mol. The summed E-state index contributed by atoms with van der Waals surface area (Å²) in [5.41, 5.74) is 0. The van der Waals surface area contributed by atoms with E-state index in [9.17, 15) is 4.79 Å². The molecule has 18 heavy (non-hydrogen) atoms. The third kappa shape index (κ3) is 5.12. The number of benzene rings is 1. The summed E-state index contributed by atoms with van der Waals surface area (Å²) in [4.78, 5) is 11.5. The molecular formula is C12H15Cl2NO3. The first-order valence-electron chi connectivity index (χ1n) is 5.39. The Kier molecular flexibility index (Phi) is 6.25. The third-order valence-corrected chi connectivity index (χ3v) is 2.62. The number of methoxy groups -OCH3 is 1. The van der Waals surface area contributed by atoms with Gasteiger partial charge in [-0.15, -0.1) is 0 Å². The van der Waals surface area contributed by atoms with Crippen molar-refractivity contribution in [3.05, 3.63) is 28.2 Å². The summed E-state index contributed by atoms with van der Waals surface area (Å²) < 4.78 is 10.2. The zero-order valence-corrected chi connectivity index (χ0v) is 11.7. The van der Waals surface area contributed by atoms with Gasteiger partial charge in [-0.3, -0.25) is 4.79 Å². The van der Waals surface area contributed by atoms with E-state index < -0.39 is 0 Å². The molecule has 1 aromatic rings. The van der Waals surface area contributed by atoms with E-state index in [1.807, 2.05) is 6.92 Å². The second-order valence-corrected chi connectivity index (χ2v) is 4.63. The lowest BCUT2D eigenvalue weighted by Gasteiger charge is -2.13. The summed E-state index contributed by atoms with van der Waals surface area (Å²) >= 11 is 11.7. The van der Waals surface area contributed by atoms with Crippen molar-refractivity contribution >= 4 is 29.1 Å². The maximum atomic E-state index is 11.5. The molecule has 0 spiro atoms. The molecule has 1 aromatic carbocycles. The highest BCUT2D eigenvalue weighted by atomic mass is 35.5. The fourth-order valence-electron chi connectivity index (χ4n) is 1.34. The highest BCUT2D eigenvalue weighted by molar-refractivity contribution is 6.34. The SMILES string of the molecule is COCC(C)NC(=O)COc1cc(Cl)ccc1Cl. The molecule has 6 heteroatoms. The topological polar surface area (TPSA) is 47.6 Å². The summed E-state index contributed by atoms with van der Waals surface area (Å²) in [6, 6.07) is 4.76. The van der Waals surface area contributed by atoms with Crippen molar-refractivity contribution in [3.63, 3.8) is 0 Å². The van der Waals surface area contributed by atoms with Crippen molar-refractivity contribution in [2.45, 2.75) is 13.0 Å². The second kappa shape index (κ2) is 7.46. The first kappa shape index (κ1) is 15.1. The van der Waals surface area contributed by atoms with Gasteiger partial charge in [-0.1, -0.05) is 23.2 Å². The molecule has 4 nitrogen and oxygen atoms in total. The van der Waals surface area contributed by atoms with Crippen molar-refractivity contribution in [2.24, 2.45) is 0 Å². The van der Waals surface area contributed by atoms with E-state index in [1.54, 1.807) is 25.3 Å². The predicted octanol–water partition coefficient (Wildman–Crippen LogP) is 2.52. The molecule has 1 unspecified atom stereocenters. The molecule has 0 saturated heterocycles. The van der Waals surface area contributed by atoms with E-state index in [1.165, 1.54) is 0 Å². The van der Waals surface area contributed by atoms with Gasteiger partial charge in [0.05, 0.1) is 11.6 Å². The summed E-state index contributed by atoms with van der Waals surface area (Å²) in [7, 11) is 1.57. The molecule has 0 bridgehead atoms. The molecule has 100 valence electrons. The first-order chi connectivity index (χ1) is 8.52. The molecule has 0 aromatic heterocycles. The summed E-state index contributed by atoms with van der Waals surface area (Å²) in [6.07, 6.45) is 0. The molecule has 0 aliphatic heterocycles. The van der Waals surface area contributed by atoms with E-state index in [-0.39, 0.29) is 18.6 Å². The molecule has 0 radical (unpaired) electrons. The van der Waals surface area contributed by atoms with Gasteiger partial charge in [-0.25, -0.2) is 0 Å². The van der Waals surface area contributed by atoms with Crippen molar-refractivity contribution in [1.82, 2.24) is 5.32 Å². The average Bonchev–Trinajstić information content (AvgIpc) is 2.30.